The molecule has 0 aliphatic carbocycles. The molecule has 0 spiro atoms. The van der Waals surface area contributed by atoms with Crippen molar-refractivity contribution in [3.05, 3.63) is 59.2 Å². The molecule has 3 heterocycles. The van der Waals surface area contributed by atoms with Crippen LogP contribution in [0, 0.1) is 11.7 Å². The molecule has 3 aromatic rings. The molecule has 28 heavy (non-hydrogen) atoms. The summed E-state index contributed by atoms with van der Waals surface area (Å²) >= 11 is 1.65. The van der Waals surface area contributed by atoms with E-state index in [-0.39, 0.29) is 5.75 Å². The highest BCUT2D eigenvalue weighted by molar-refractivity contribution is 7.20. The van der Waals surface area contributed by atoms with Crippen molar-refractivity contribution in [2.75, 3.05) is 25.4 Å². The second kappa shape index (κ2) is 7.89. The Hall–Kier alpha value is -2.44. The highest BCUT2D eigenvalue weighted by atomic mass is 32.1. The van der Waals surface area contributed by atoms with Crippen LogP contribution < -0.4 is 10.5 Å². The Morgan fingerprint density at radius 3 is 2.82 bits per heavy atom. The Kier molecular flexibility index (Phi) is 5.33. The number of hydrogen-bond acceptors (Lipinski definition) is 5. The van der Waals surface area contributed by atoms with Crippen LogP contribution in [0.25, 0.3) is 15.8 Å². The number of pyridine rings is 1. The van der Waals surface area contributed by atoms with E-state index in [2.05, 4.69) is 35.9 Å². The van der Waals surface area contributed by atoms with Gasteiger partial charge < -0.3 is 10.5 Å². The molecule has 0 amide bonds. The summed E-state index contributed by atoms with van der Waals surface area (Å²) in [5, 5.41) is 0. The summed E-state index contributed by atoms with van der Waals surface area (Å²) in [5.74, 6) is 1.73. The van der Waals surface area contributed by atoms with Gasteiger partial charge in [0.1, 0.15) is 5.75 Å². The maximum absolute atomic E-state index is 14.1. The quantitative estimate of drug-likeness (QED) is 0.578. The van der Waals surface area contributed by atoms with Crippen LogP contribution in [-0.2, 0) is 0 Å². The van der Waals surface area contributed by atoms with Gasteiger partial charge in [-0.25, -0.2) is 4.39 Å². The van der Waals surface area contributed by atoms with Crippen LogP contribution in [0.5, 0.6) is 11.5 Å². The van der Waals surface area contributed by atoms with E-state index in [0.29, 0.717) is 11.4 Å². The number of hydrogen-bond donors (Lipinski definition) is 1. The van der Waals surface area contributed by atoms with Gasteiger partial charge in [0.2, 0.25) is 0 Å². The normalized spacial score (nSPS) is 15.2. The van der Waals surface area contributed by atoms with E-state index in [1.54, 1.807) is 35.7 Å². The standard InChI is InChI=1S/C22H23FN3OS/c1-14(2)13-26-9-6-15(7-10-26)21-12-18-22(28-21)20(5-8-25-18)27-19-4-3-16(24)11-17(19)23/h3-6,8,11-12H,7,9-10,13,24H2,1-2H3. The summed E-state index contributed by atoms with van der Waals surface area (Å²) in [5.41, 5.74) is 8.21. The van der Waals surface area contributed by atoms with E-state index in [1.165, 1.54) is 22.4 Å². The van der Waals surface area contributed by atoms with E-state index >= 15 is 0 Å². The van der Waals surface area contributed by atoms with Crippen LogP contribution in [-0.4, -0.2) is 29.5 Å². The molecule has 1 aromatic carbocycles. The van der Waals surface area contributed by atoms with Crippen LogP contribution in [0.1, 0.15) is 25.1 Å². The SMILES string of the molecule is C[C](C)CN1CC=C(c2cc3nccc(Oc4ccc(N)cc4F)c3s2)CC1. The number of anilines is 1. The van der Waals surface area contributed by atoms with Crippen molar-refractivity contribution < 1.29 is 9.13 Å². The van der Waals surface area contributed by atoms with Crippen molar-refractivity contribution in [1.29, 1.82) is 0 Å². The van der Waals surface area contributed by atoms with Gasteiger partial charge in [-0.3, -0.25) is 9.88 Å². The molecule has 4 nitrogen and oxygen atoms in total. The third-order valence-corrected chi connectivity index (χ3v) is 5.92. The van der Waals surface area contributed by atoms with E-state index in [0.717, 1.165) is 36.3 Å². The lowest BCUT2D eigenvalue weighted by Crippen LogP contribution is -2.31. The van der Waals surface area contributed by atoms with Crippen molar-refractivity contribution in [3.8, 4) is 11.5 Å². The second-order valence-corrected chi connectivity index (χ2v) is 8.40. The van der Waals surface area contributed by atoms with E-state index in [1.807, 2.05) is 0 Å². The molecular formula is C22H23FN3OS. The minimum absolute atomic E-state index is 0.162. The lowest BCUT2D eigenvalue weighted by Gasteiger charge is -2.27. The minimum atomic E-state index is -0.472. The number of nitrogen functional groups attached to an aromatic ring is 1. The van der Waals surface area contributed by atoms with Gasteiger partial charge in [-0.15, -0.1) is 11.3 Å². The predicted molar refractivity (Wildman–Crippen MR) is 114 cm³/mol. The molecule has 2 N–H and O–H groups in total. The molecule has 0 saturated carbocycles. The lowest BCUT2D eigenvalue weighted by atomic mass is 10.1. The molecule has 0 bridgehead atoms. The summed E-state index contributed by atoms with van der Waals surface area (Å²) in [7, 11) is 0. The van der Waals surface area contributed by atoms with Crippen molar-refractivity contribution in [2.45, 2.75) is 20.3 Å². The first-order valence-electron chi connectivity index (χ1n) is 9.32. The summed E-state index contributed by atoms with van der Waals surface area (Å²) in [4.78, 5) is 8.11. The number of benzene rings is 1. The van der Waals surface area contributed by atoms with Gasteiger partial charge in [0, 0.05) is 48.5 Å². The number of nitrogens with two attached hydrogens (primary N) is 1. The zero-order valence-electron chi connectivity index (χ0n) is 16.0. The Bertz CT molecular complexity index is 1030. The Balaban J connectivity index is 1.60. The number of aromatic nitrogens is 1. The fourth-order valence-corrected chi connectivity index (χ4v) is 4.53. The monoisotopic (exact) mass is 396 g/mol. The number of thiophene rings is 1. The number of nitrogens with zero attached hydrogens (tertiary/aromatic N) is 2. The van der Waals surface area contributed by atoms with Gasteiger partial charge >= 0.3 is 0 Å². The van der Waals surface area contributed by atoms with Gasteiger partial charge in [0.05, 0.1) is 10.2 Å². The first-order chi connectivity index (χ1) is 13.5. The molecule has 1 radical (unpaired) electrons. The molecule has 6 heteroatoms. The third-order valence-electron chi connectivity index (χ3n) is 4.70. The summed E-state index contributed by atoms with van der Waals surface area (Å²) < 4.78 is 20.9. The lowest BCUT2D eigenvalue weighted by molar-refractivity contribution is 0.313. The third kappa shape index (κ3) is 4.03. The van der Waals surface area contributed by atoms with Crippen molar-refractivity contribution in [1.82, 2.24) is 9.88 Å². The summed E-state index contributed by atoms with van der Waals surface area (Å²) in [6.45, 7) is 7.40. The average molecular weight is 397 g/mol. The number of halogens is 1. The van der Waals surface area contributed by atoms with Crippen molar-refractivity contribution >= 4 is 32.8 Å². The fraction of sp³-hybridized carbons (Fsp3) is 0.273. The minimum Gasteiger partial charge on any atom is -0.453 e. The smallest absolute Gasteiger partial charge is 0.167 e. The Morgan fingerprint density at radius 1 is 1.25 bits per heavy atom. The molecule has 0 fully saturated rings. The van der Waals surface area contributed by atoms with Crippen LogP contribution in [0.2, 0.25) is 0 Å². The van der Waals surface area contributed by atoms with E-state index in [9.17, 15) is 4.39 Å². The van der Waals surface area contributed by atoms with Gasteiger partial charge in [0.15, 0.2) is 11.6 Å². The highest BCUT2D eigenvalue weighted by Crippen LogP contribution is 2.39. The molecule has 145 valence electrons. The van der Waals surface area contributed by atoms with Gasteiger partial charge in [-0.2, -0.15) is 0 Å². The fourth-order valence-electron chi connectivity index (χ4n) is 3.40. The summed E-state index contributed by atoms with van der Waals surface area (Å²) in [6, 6.07) is 8.32. The average Bonchev–Trinajstić information content (AvgIpc) is 3.09. The molecule has 4 rings (SSSR count). The van der Waals surface area contributed by atoms with Gasteiger partial charge in [-0.05, 0) is 36.1 Å². The molecule has 2 aromatic heterocycles. The zero-order valence-corrected chi connectivity index (χ0v) is 16.9. The zero-order chi connectivity index (χ0) is 19.7. The van der Waals surface area contributed by atoms with Crippen LogP contribution in [0.3, 0.4) is 0 Å². The molecular weight excluding hydrogens is 373 g/mol. The highest BCUT2D eigenvalue weighted by Gasteiger charge is 2.17. The largest absolute Gasteiger partial charge is 0.453 e. The molecule has 0 saturated heterocycles. The van der Waals surface area contributed by atoms with E-state index < -0.39 is 5.82 Å². The second-order valence-electron chi connectivity index (χ2n) is 7.35. The molecule has 0 unspecified atom stereocenters. The summed E-state index contributed by atoms with van der Waals surface area (Å²) in [6.07, 6.45) is 5.01. The van der Waals surface area contributed by atoms with Crippen LogP contribution in [0.15, 0.2) is 42.6 Å². The van der Waals surface area contributed by atoms with Gasteiger partial charge in [-0.1, -0.05) is 19.9 Å². The first-order valence-corrected chi connectivity index (χ1v) is 10.1. The Labute approximate surface area is 168 Å². The van der Waals surface area contributed by atoms with Crippen molar-refractivity contribution in [2.24, 2.45) is 0 Å². The van der Waals surface area contributed by atoms with Crippen LogP contribution in [0.4, 0.5) is 10.1 Å². The maximum Gasteiger partial charge on any atom is 0.167 e. The Morgan fingerprint density at radius 2 is 2.11 bits per heavy atom. The number of rotatable bonds is 5. The molecule has 1 aliphatic rings. The van der Waals surface area contributed by atoms with Crippen molar-refractivity contribution in [3.63, 3.8) is 0 Å². The molecule has 1 aliphatic heterocycles. The first kappa shape index (κ1) is 18.9. The topological polar surface area (TPSA) is 51.4 Å². The molecule has 0 atom stereocenters. The van der Waals surface area contributed by atoms with Gasteiger partial charge in [0.25, 0.3) is 0 Å². The number of fused-ring (bicyclic) bond motifs is 1. The predicted octanol–water partition coefficient (Wildman–Crippen LogP) is 5.51. The maximum atomic E-state index is 14.1. The van der Waals surface area contributed by atoms with E-state index in [4.69, 9.17) is 10.5 Å². The number of ether oxygens (including phenoxy) is 1. The van der Waals surface area contributed by atoms with Crippen LogP contribution >= 0.6 is 11.3 Å².